The third-order valence-corrected chi connectivity index (χ3v) is 3.79. The summed E-state index contributed by atoms with van der Waals surface area (Å²) in [6.45, 7) is 1.85. The fourth-order valence-corrected chi connectivity index (χ4v) is 2.44. The first-order chi connectivity index (χ1) is 10.9. The van der Waals surface area contributed by atoms with E-state index < -0.39 is 5.97 Å². The standard InChI is InChI=1S/C17H14Cl2O4/c1-10-15(20)6-3-11(4-7-16(21)22)17(10)23-9-12-2-5-13(18)8-14(12)19/h2-8,20H,9H2,1H3,(H,21,22). The lowest BCUT2D eigenvalue weighted by molar-refractivity contribution is -0.131. The number of hydrogen-bond donors (Lipinski definition) is 2. The second-order valence-electron chi connectivity index (χ2n) is 4.82. The topological polar surface area (TPSA) is 66.8 Å². The van der Waals surface area contributed by atoms with Gasteiger partial charge in [0.1, 0.15) is 18.1 Å². The van der Waals surface area contributed by atoms with E-state index in [0.717, 1.165) is 11.6 Å². The minimum absolute atomic E-state index is 0.0645. The Balaban J connectivity index is 2.30. The van der Waals surface area contributed by atoms with E-state index in [9.17, 15) is 9.90 Å². The molecule has 2 aromatic carbocycles. The summed E-state index contributed by atoms with van der Waals surface area (Å²) < 4.78 is 5.76. The summed E-state index contributed by atoms with van der Waals surface area (Å²) in [7, 11) is 0. The highest BCUT2D eigenvalue weighted by Crippen LogP contribution is 2.33. The van der Waals surface area contributed by atoms with Crippen LogP contribution in [0, 0.1) is 6.92 Å². The van der Waals surface area contributed by atoms with Gasteiger partial charge in [0.25, 0.3) is 0 Å². The smallest absolute Gasteiger partial charge is 0.328 e. The maximum Gasteiger partial charge on any atom is 0.328 e. The first-order valence-electron chi connectivity index (χ1n) is 6.69. The number of carbonyl (C=O) groups is 1. The van der Waals surface area contributed by atoms with Crippen LogP contribution in [-0.2, 0) is 11.4 Å². The minimum atomic E-state index is -1.07. The maximum atomic E-state index is 10.7. The molecule has 0 unspecified atom stereocenters. The highest BCUT2D eigenvalue weighted by molar-refractivity contribution is 6.35. The van der Waals surface area contributed by atoms with Crippen LogP contribution < -0.4 is 4.74 Å². The molecule has 0 aliphatic rings. The van der Waals surface area contributed by atoms with Gasteiger partial charge in [-0.15, -0.1) is 0 Å². The van der Waals surface area contributed by atoms with Crippen LogP contribution in [0.2, 0.25) is 10.0 Å². The molecule has 0 radical (unpaired) electrons. The molecule has 6 heteroatoms. The molecule has 0 fully saturated rings. The molecule has 2 N–H and O–H groups in total. The lowest BCUT2D eigenvalue weighted by Crippen LogP contribution is -2.00. The van der Waals surface area contributed by atoms with Gasteiger partial charge in [-0.2, -0.15) is 0 Å². The lowest BCUT2D eigenvalue weighted by atomic mass is 10.1. The highest BCUT2D eigenvalue weighted by atomic mass is 35.5. The molecule has 120 valence electrons. The van der Waals surface area contributed by atoms with Gasteiger partial charge in [0.05, 0.1) is 0 Å². The van der Waals surface area contributed by atoms with Crippen LogP contribution in [0.1, 0.15) is 16.7 Å². The summed E-state index contributed by atoms with van der Waals surface area (Å²) in [5.74, 6) is -0.606. The molecule has 0 amide bonds. The summed E-state index contributed by atoms with van der Waals surface area (Å²) in [4.78, 5) is 10.7. The van der Waals surface area contributed by atoms with Crippen molar-refractivity contribution < 1.29 is 19.7 Å². The fourth-order valence-electron chi connectivity index (χ4n) is 1.97. The SMILES string of the molecule is Cc1c(O)ccc(C=CC(=O)O)c1OCc1ccc(Cl)cc1Cl. The molecule has 0 saturated carbocycles. The van der Waals surface area contributed by atoms with Gasteiger partial charge in [-0.3, -0.25) is 0 Å². The van der Waals surface area contributed by atoms with Gasteiger partial charge >= 0.3 is 5.97 Å². The van der Waals surface area contributed by atoms with E-state index in [1.165, 1.54) is 12.1 Å². The van der Waals surface area contributed by atoms with Gasteiger partial charge in [0.15, 0.2) is 0 Å². The Labute approximate surface area is 143 Å². The van der Waals surface area contributed by atoms with E-state index >= 15 is 0 Å². The number of benzene rings is 2. The maximum absolute atomic E-state index is 10.7. The molecule has 0 aliphatic heterocycles. The van der Waals surface area contributed by atoms with Crippen molar-refractivity contribution in [3.63, 3.8) is 0 Å². The molecule has 23 heavy (non-hydrogen) atoms. The number of carboxylic acid groups (broad SMARTS) is 1. The summed E-state index contributed by atoms with van der Waals surface area (Å²) in [6.07, 6.45) is 2.42. The van der Waals surface area contributed by atoms with Crippen LogP contribution in [0.3, 0.4) is 0 Å². The quantitative estimate of drug-likeness (QED) is 0.766. The third-order valence-electron chi connectivity index (χ3n) is 3.20. The average molecular weight is 353 g/mol. The fraction of sp³-hybridized carbons (Fsp3) is 0.118. The Kier molecular flexibility index (Phi) is 5.53. The van der Waals surface area contributed by atoms with E-state index in [2.05, 4.69) is 0 Å². The molecule has 0 heterocycles. The number of halogens is 2. The van der Waals surface area contributed by atoms with Crippen molar-refractivity contribution >= 4 is 35.2 Å². The highest BCUT2D eigenvalue weighted by Gasteiger charge is 2.11. The van der Waals surface area contributed by atoms with Crippen LogP contribution in [0.25, 0.3) is 6.08 Å². The Morgan fingerprint density at radius 2 is 2.00 bits per heavy atom. The van der Waals surface area contributed by atoms with Gasteiger partial charge in [-0.25, -0.2) is 4.79 Å². The van der Waals surface area contributed by atoms with Crippen LogP contribution in [0.15, 0.2) is 36.4 Å². The van der Waals surface area contributed by atoms with Crippen molar-refractivity contribution in [1.29, 1.82) is 0 Å². The van der Waals surface area contributed by atoms with E-state index in [4.69, 9.17) is 33.0 Å². The molecule has 0 saturated heterocycles. The van der Waals surface area contributed by atoms with Crippen molar-refractivity contribution in [2.45, 2.75) is 13.5 Å². The number of carboxylic acids is 1. The summed E-state index contributed by atoms with van der Waals surface area (Å²) in [5.41, 5.74) is 1.79. The predicted molar refractivity (Wildman–Crippen MR) is 90.3 cm³/mol. The van der Waals surface area contributed by atoms with Gasteiger partial charge in [-0.05, 0) is 37.3 Å². The van der Waals surface area contributed by atoms with Gasteiger partial charge in [0, 0.05) is 32.8 Å². The monoisotopic (exact) mass is 352 g/mol. The summed E-state index contributed by atoms with van der Waals surface area (Å²) in [6, 6.07) is 8.13. The summed E-state index contributed by atoms with van der Waals surface area (Å²) >= 11 is 12.0. The van der Waals surface area contributed by atoms with Crippen LogP contribution in [-0.4, -0.2) is 16.2 Å². The average Bonchev–Trinajstić information content (AvgIpc) is 2.49. The number of hydrogen-bond acceptors (Lipinski definition) is 3. The normalized spacial score (nSPS) is 10.9. The molecule has 0 aliphatic carbocycles. The molecule has 2 rings (SSSR count). The van der Waals surface area contributed by atoms with Crippen molar-refractivity contribution in [2.24, 2.45) is 0 Å². The molecule has 0 atom stereocenters. The zero-order chi connectivity index (χ0) is 17.0. The second-order valence-corrected chi connectivity index (χ2v) is 5.67. The van der Waals surface area contributed by atoms with Crippen molar-refractivity contribution in [3.8, 4) is 11.5 Å². The Hall–Kier alpha value is -2.17. The Morgan fingerprint density at radius 1 is 1.26 bits per heavy atom. The number of phenolic OH excluding ortho intramolecular Hbond substituents is 1. The van der Waals surface area contributed by atoms with Gasteiger partial charge in [0.2, 0.25) is 0 Å². The van der Waals surface area contributed by atoms with Crippen molar-refractivity contribution in [1.82, 2.24) is 0 Å². The first kappa shape index (κ1) is 17.2. The van der Waals surface area contributed by atoms with Gasteiger partial charge in [-0.1, -0.05) is 29.3 Å². The van der Waals surface area contributed by atoms with Crippen LogP contribution >= 0.6 is 23.2 Å². The minimum Gasteiger partial charge on any atom is -0.508 e. The van der Waals surface area contributed by atoms with E-state index in [1.807, 2.05) is 0 Å². The van der Waals surface area contributed by atoms with E-state index in [1.54, 1.807) is 31.2 Å². The lowest BCUT2D eigenvalue weighted by Gasteiger charge is -2.14. The second kappa shape index (κ2) is 7.40. The number of rotatable bonds is 5. The zero-order valence-corrected chi connectivity index (χ0v) is 13.7. The molecular formula is C17H14Cl2O4. The number of aliphatic carboxylic acids is 1. The third kappa shape index (κ3) is 4.41. The largest absolute Gasteiger partial charge is 0.508 e. The first-order valence-corrected chi connectivity index (χ1v) is 7.44. The molecule has 2 aromatic rings. The van der Waals surface area contributed by atoms with Crippen molar-refractivity contribution in [2.75, 3.05) is 0 Å². The molecule has 0 spiro atoms. The molecular weight excluding hydrogens is 339 g/mol. The van der Waals surface area contributed by atoms with Crippen molar-refractivity contribution in [3.05, 3.63) is 63.1 Å². The van der Waals surface area contributed by atoms with Gasteiger partial charge < -0.3 is 14.9 Å². The summed E-state index contributed by atoms with van der Waals surface area (Å²) in [5, 5.41) is 19.6. The molecule has 0 bridgehead atoms. The van der Waals surface area contributed by atoms with Crippen LogP contribution in [0.4, 0.5) is 0 Å². The van der Waals surface area contributed by atoms with Crippen LogP contribution in [0.5, 0.6) is 11.5 Å². The number of aromatic hydroxyl groups is 1. The molecule has 4 nitrogen and oxygen atoms in total. The van der Waals surface area contributed by atoms with E-state index in [0.29, 0.717) is 26.9 Å². The molecule has 0 aromatic heterocycles. The Bertz CT molecular complexity index is 769. The number of ether oxygens (including phenoxy) is 1. The number of phenols is 1. The predicted octanol–water partition coefficient (Wildman–Crippen LogP) is 4.68. The zero-order valence-electron chi connectivity index (χ0n) is 12.2. The van der Waals surface area contributed by atoms with E-state index in [-0.39, 0.29) is 12.4 Å². The Morgan fingerprint density at radius 3 is 2.65 bits per heavy atom.